The fourth-order valence-corrected chi connectivity index (χ4v) is 2.02. The number of nitriles is 1. The molecule has 0 spiro atoms. The van der Waals surface area contributed by atoms with E-state index >= 15 is 0 Å². The third-order valence-electron chi connectivity index (χ3n) is 3.41. The lowest BCUT2D eigenvalue weighted by Crippen LogP contribution is -2.34. The SMILES string of the molecule is CC(C)(C#N)CCCCn1ccc(CNC(C)(C)C)c1. The van der Waals surface area contributed by atoms with E-state index in [1.165, 1.54) is 5.56 Å². The first kappa shape index (κ1) is 16.8. The highest BCUT2D eigenvalue weighted by Crippen LogP contribution is 2.21. The zero-order valence-corrected chi connectivity index (χ0v) is 13.7. The van der Waals surface area contributed by atoms with Gasteiger partial charge >= 0.3 is 0 Å². The lowest BCUT2D eigenvalue weighted by Gasteiger charge is -2.19. The molecular weight excluding hydrogens is 246 g/mol. The highest BCUT2D eigenvalue weighted by atomic mass is 15.0. The van der Waals surface area contributed by atoms with Crippen molar-refractivity contribution in [1.29, 1.82) is 5.26 Å². The smallest absolute Gasteiger partial charge is 0.0683 e. The summed E-state index contributed by atoms with van der Waals surface area (Å²) in [5.74, 6) is 0. The second kappa shape index (κ2) is 6.95. The lowest BCUT2D eigenvalue weighted by molar-refractivity contribution is 0.416. The first-order valence-electron chi connectivity index (χ1n) is 7.53. The van der Waals surface area contributed by atoms with Crippen LogP contribution in [0, 0.1) is 16.7 Å². The summed E-state index contributed by atoms with van der Waals surface area (Å²) in [4.78, 5) is 0. The molecule has 0 amide bonds. The molecule has 1 aromatic heterocycles. The van der Waals surface area contributed by atoms with Crippen molar-refractivity contribution >= 4 is 0 Å². The number of unbranched alkanes of at least 4 members (excludes halogenated alkanes) is 1. The Balaban J connectivity index is 2.29. The number of hydrogen-bond acceptors (Lipinski definition) is 2. The quantitative estimate of drug-likeness (QED) is 0.761. The monoisotopic (exact) mass is 275 g/mol. The molecule has 0 aromatic carbocycles. The first-order valence-corrected chi connectivity index (χ1v) is 7.53. The Hall–Kier alpha value is -1.27. The average molecular weight is 275 g/mol. The van der Waals surface area contributed by atoms with Gasteiger partial charge in [-0.3, -0.25) is 0 Å². The second-order valence-corrected chi connectivity index (χ2v) is 7.31. The van der Waals surface area contributed by atoms with Gasteiger partial charge in [0.2, 0.25) is 0 Å². The number of rotatable bonds is 7. The molecule has 0 aliphatic rings. The van der Waals surface area contributed by atoms with E-state index in [1.807, 2.05) is 13.8 Å². The Morgan fingerprint density at radius 1 is 1.20 bits per heavy atom. The summed E-state index contributed by atoms with van der Waals surface area (Å²) in [5.41, 5.74) is 1.31. The van der Waals surface area contributed by atoms with Crippen LogP contribution in [-0.2, 0) is 13.1 Å². The summed E-state index contributed by atoms with van der Waals surface area (Å²) in [7, 11) is 0. The first-order chi connectivity index (χ1) is 9.22. The van der Waals surface area contributed by atoms with Gasteiger partial charge < -0.3 is 9.88 Å². The van der Waals surface area contributed by atoms with Crippen molar-refractivity contribution in [2.24, 2.45) is 5.41 Å². The van der Waals surface area contributed by atoms with Gasteiger partial charge in [0.25, 0.3) is 0 Å². The molecule has 0 aliphatic carbocycles. The molecule has 20 heavy (non-hydrogen) atoms. The maximum absolute atomic E-state index is 8.98. The standard InChI is InChI=1S/C17H29N3/c1-16(2,3)19-12-15-8-11-20(13-15)10-7-6-9-17(4,5)14-18/h8,11,13,19H,6-7,9-10,12H2,1-5H3. The lowest BCUT2D eigenvalue weighted by atomic mass is 9.89. The van der Waals surface area contributed by atoms with Crippen LogP contribution in [0.4, 0.5) is 0 Å². The fraction of sp³-hybridized carbons (Fsp3) is 0.706. The molecule has 0 bridgehead atoms. The Morgan fingerprint density at radius 2 is 1.90 bits per heavy atom. The van der Waals surface area contributed by atoms with Gasteiger partial charge in [-0.25, -0.2) is 0 Å². The van der Waals surface area contributed by atoms with Gasteiger partial charge in [-0.15, -0.1) is 0 Å². The Morgan fingerprint density at radius 3 is 2.50 bits per heavy atom. The maximum Gasteiger partial charge on any atom is 0.0683 e. The summed E-state index contributed by atoms with van der Waals surface area (Å²) >= 11 is 0. The van der Waals surface area contributed by atoms with Crippen molar-refractivity contribution in [3.05, 3.63) is 24.0 Å². The molecule has 3 nitrogen and oxygen atoms in total. The molecule has 0 radical (unpaired) electrons. The van der Waals surface area contributed by atoms with Crippen LogP contribution in [0.1, 0.15) is 59.4 Å². The van der Waals surface area contributed by atoms with Crippen molar-refractivity contribution in [2.45, 2.75) is 72.5 Å². The average Bonchev–Trinajstić information content (AvgIpc) is 2.79. The van der Waals surface area contributed by atoms with Crippen LogP contribution in [-0.4, -0.2) is 10.1 Å². The third kappa shape index (κ3) is 6.77. The van der Waals surface area contributed by atoms with E-state index in [4.69, 9.17) is 5.26 Å². The minimum Gasteiger partial charge on any atom is -0.354 e. The van der Waals surface area contributed by atoms with Gasteiger partial charge in [0.1, 0.15) is 0 Å². The van der Waals surface area contributed by atoms with Crippen molar-refractivity contribution in [2.75, 3.05) is 0 Å². The summed E-state index contributed by atoms with van der Waals surface area (Å²) in [6.07, 6.45) is 7.58. The Bertz CT molecular complexity index is 444. The molecule has 0 unspecified atom stereocenters. The van der Waals surface area contributed by atoms with E-state index in [1.54, 1.807) is 0 Å². The summed E-state index contributed by atoms with van der Waals surface area (Å²) in [6, 6.07) is 4.54. The van der Waals surface area contributed by atoms with E-state index in [-0.39, 0.29) is 11.0 Å². The molecule has 0 aliphatic heterocycles. The van der Waals surface area contributed by atoms with E-state index in [0.29, 0.717) is 0 Å². The molecule has 0 saturated carbocycles. The third-order valence-corrected chi connectivity index (χ3v) is 3.41. The van der Waals surface area contributed by atoms with Gasteiger partial charge in [-0.05, 0) is 59.1 Å². The summed E-state index contributed by atoms with van der Waals surface area (Å²) < 4.78 is 2.25. The molecule has 0 atom stereocenters. The zero-order chi connectivity index (χ0) is 15.2. The summed E-state index contributed by atoms with van der Waals surface area (Å²) in [5, 5.41) is 12.5. The number of nitrogens with one attached hydrogen (secondary N) is 1. The molecule has 1 N–H and O–H groups in total. The molecular formula is C17H29N3. The largest absolute Gasteiger partial charge is 0.354 e. The molecule has 1 aromatic rings. The summed E-state index contributed by atoms with van der Waals surface area (Å²) in [6.45, 7) is 12.5. The molecule has 1 rings (SSSR count). The van der Waals surface area contributed by atoms with Crippen LogP contribution in [0.3, 0.4) is 0 Å². The number of aromatic nitrogens is 1. The molecule has 0 fully saturated rings. The van der Waals surface area contributed by atoms with Crippen LogP contribution in [0.5, 0.6) is 0 Å². The van der Waals surface area contributed by atoms with Gasteiger partial charge in [0.15, 0.2) is 0 Å². The van der Waals surface area contributed by atoms with Gasteiger partial charge in [-0.2, -0.15) is 5.26 Å². The Kier molecular flexibility index (Phi) is 5.83. The van der Waals surface area contributed by atoms with Gasteiger partial charge in [-0.1, -0.05) is 6.42 Å². The van der Waals surface area contributed by atoms with Crippen molar-refractivity contribution in [3.8, 4) is 6.07 Å². The molecule has 112 valence electrons. The minimum atomic E-state index is -0.182. The van der Waals surface area contributed by atoms with Crippen molar-refractivity contribution in [3.63, 3.8) is 0 Å². The van der Waals surface area contributed by atoms with Gasteiger partial charge in [0.05, 0.1) is 11.5 Å². The number of nitrogens with zero attached hydrogens (tertiary/aromatic N) is 2. The highest BCUT2D eigenvalue weighted by molar-refractivity contribution is 5.10. The number of aryl methyl sites for hydroxylation is 1. The Labute approximate surface area is 124 Å². The molecule has 0 saturated heterocycles. The molecule has 1 heterocycles. The van der Waals surface area contributed by atoms with Crippen LogP contribution < -0.4 is 5.32 Å². The van der Waals surface area contributed by atoms with Crippen LogP contribution in [0.15, 0.2) is 18.5 Å². The maximum atomic E-state index is 8.98. The fourth-order valence-electron chi connectivity index (χ4n) is 2.02. The second-order valence-electron chi connectivity index (χ2n) is 7.31. The molecule has 3 heteroatoms. The van der Waals surface area contributed by atoms with Gasteiger partial charge in [0, 0.05) is 31.0 Å². The van der Waals surface area contributed by atoms with E-state index in [0.717, 1.165) is 32.4 Å². The normalized spacial score (nSPS) is 12.4. The predicted octanol–water partition coefficient (Wildman–Crippen LogP) is 4.10. The number of hydrogen-bond donors (Lipinski definition) is 1. The highest BCUT2D eigenvalue weighted by Gasteiger charge is 2.15. The zero-order valence-electron chi connectivity index (χ0n) is 13.7. The van der Waals surface area contributed by atoms with E-state index in [9.17, 15) is 0 Å². The van der Waals surface area contributed by atoms with E-state index in [2.05, 4.69) is 55.2 Å². The van der Waals surface area contributed by atoms with Crippen LogP contribution in [0.2, 0.25) is 0 Å². The minimum absolute atomic E-state index is 0.158. The van der Waals surface area contributed by atoms with E-state index < -0.39 is 0 Å². The predicted molar refractivity (Wildman–Crippen MR) is 84.3 cm³/mol. The van der Waals surface area contributed by atoms with Crippen LogP contribution >= 0.6 is 0 Å². The van der Waals surface area contributed by atoms with Crippen molar-refractivity contribution < 1.29 is 0 Å². The van der Waals surface area contributed by atoms with Crippen LogP contribution in [0.25, 0.3) is 0 Å². The topological polar surface area (TPSA) is 40.8 Å². The van der Waals surface area contributed by atoms with Crippen molar-refractivity contribution in [1.82, 2.24) is 9.88 Å².